The predicted octanol–water partition coefficient (Wildman–Crippen LogP) is 5.80. The molecule has 1 saturated carbocycles. The average Bonchev–Trinajstić information content (AvgIpc) is 3.46. The van der Waals surface area contributed by atoms with Crippen LogP contribution in [0.3, 0.4) is 0 Å². The lowest BCUT2D eigenvalue weighted by Crippen LogP contribution is -2.61. The average molecular weight is 634 g/mol. The van der Waals surface area contributed by atoms with Crippen LogP contribution in [0.1, 0.15) is 44.9 Å². The van der Waals surface area contributed by atoms with Crippen LogP contribution in [0.5, 0.6) is 6.01 Å². The van der Waals surface area contributed by atoms with Crippen LogP contribution in [0, 0.1) is 23.4 Å². The highest BCUT2D eigenvalue weighted by molar-refractivity contribution is 7.22. The smallest absolute Gasteiger partial charge is 0.319 e. The molecule has 4 aliphatic heterocycles. The largest absolute Gasteiger partial charge is 0.461 e. The van der Waals surface area contributed by atoms with Gasteiger partial charge >= 0.3 is 6.01 Å². The van der Waals surface area contributed by atoms with Crippen molar-refractivity contribution in [3.63, 3.8) is 0 Å². The van der Waals surface area contributed by atoms with Gasteiger partial charge in [-0.3, -0.25) is 4.90 Å². The number of nitrogens with one attached hydrogen (secondary N) is 1. The van der Waals surface area contributed by atoms with Crippen molar-refractivity contribution in [2.45, 2.75) is 62.1 Å². The molecule has 0 unspecified atom stereocenters. The molecule has 2 bridgehead atoms. The lowest BCUT2D eigenvalue weighted by atomic mass is 9.90. The van der Waals surface area contributed by atoms with E-state index in [9.17, 15) is 4.39 Å². The lowest BCUT2D eigenvalue weighted by Gasteiger charge is -2.42. The molecule has 6 heterocycles. The minimum Gasteiger partial charge on any atom is -0.461 e. The fourth-order valence-electron chi connectivity index (χ4n) is 8.72. The zero-order valence-electron chi connectivity index (χ0n) is 24.8. The Labute approximate surface area is 262 Å². The Hall–Kier alpha value is -3.48. The van der Waals surface area contributed by atoms with E-state index >= 15 is 8.78 Å². The van der Waals surface area contributed by atoms with Crippen LogP contribution in [0.2, 0.25) is 0 Å². The normalized spacial score (nSPS) is 28.1. The number of anilines is 2. The van der Waals surface area contributed by atoms with E-state index in [1.807, 2.05) is 0 Å². The van der Waals surface area contributed by atoms with Crippen molar-refractivity contribution in [1.29, 1.82) is 0 Å². The number of nitrogens with zero attached hydrogens (tertiary/aromatic N) is 5. The third-order valence-corrected chi connectivity index (χ3v) is 11.7. The maximum Gasteiger partial charge on any atom is 0.319 e. The third kappa shape index (κ3) is 4.28. The number of rotatable bonds is 6. The van der Waals surface area contributed by atoms with Gasteiger partial charge in [0.25, 0.3) is 0 Å². The summed E-state index contributed by atoms with van der Waals surface area (Å²) in [6.07, 6.45) is 7.43. The highest BCUT2D eigenvalue weighted by Gasteiger charge is 2.53. The van der Waals surface area contributed by atoms with Gasteiger partial charge in [-0.2, -0.15) is 9.97 Å². The number of hydrogen-bond donors (Lipinski definition) is 2. The Morgan fingerprint density at radius 2 is 1.96 bits per heavy atom. The standard InChI is InChI=1S/C33H34F3N7OS/c1-17-12-32(8-2-10-43(32)13-17)16-44-31-39-26-21(29(40-31)42-14-19-7-9-33(15-42,41-19)18-3-4-18)11-23(35)24(25(26)36)20-5-6-22(34)28-27(20)38-30(37)45-28/h5-6,11,18-19,41H,1-4,7-10,12-16H2,(H2,37,38)/t19-,32-,33+/m0/s1. The lowest BCUT2D eigenvalue weighted by molar-refractivity contribution is 0.108. The quantitative estimate of drug-likeness (QED) is 0.258. The molecule has 0 spiro atoms. The summed E-state index contributed by atoms with van der Waals surface area (Å²) in [5.41, 5.74) is 6.76. The Bertz CT molecular complexity index is 1910. The molecule has 4 saturated heterocycles. The predicted molar refractivity (Wildman–Crippen MR) is 169 cm³/mol. The molecule has 3 atom stereocenters. The molecule has 3 N–H and O–H groups in total. The van der Waals surface area contributed by atoms with Crippen LogP contribution in [-0.4, -0.2) is 69.8 Å². The monoisotopic (exact) mass is 633 g/mol. The number of nitrogens with two attached hydrogens (primary N) is 1. The van der Waals surface area contributed by atoms with Crippen molar-refractivity contribution >= 4 is 43.4 Å². The van der Waals surface area contributed by atoms with E-state index in [4.69, 9.17) is 15.5 Å². The minimum atomic E-state index is -0.858. The molecule has 1 aliphatic carbocycles. The van der Waals surface area contributed by atoms with Crippen molar-refractivity contribution in [2.75, 3.05) is 43.4 Å². The molecule has 0 radical (unpaired) electrons. The highest BCUT2D eigenvalue weighted by Crippen LogP contribution is 2.49. The van der Waals surface area contributed by atoms with Gasteiger partial charge < -0.3 is 20.7 Å². The Morgan fingerprint density at radius 3 is 2.80 bits per heavy atom. The van der Waals surface area contributed by atoms with Crippen LogP contribution >= 0.6 is 11.3 Å². The minimum absolute atomic E-state index is 0.0178. The molecule has 0 amide bonds. The zero-order chi connectivity index (χ0) is 30.7. The summed E-state index contributed by atoms with van der Waals surface area (Å²) < 4.78 is 54.1. The highest BCUT2D eigenvalue weighted by atomic mass is 32.1. The first kappa shape index (κ1) is 27.8. The van der Waals surface area contributed by atoms with Gasteiger partial charge in [0.15, 0.2) is 10.9 Å². The summed E-state index contributed by atoms with van der Waals surface area (Å²) in [5.74, 6) is -1.11. The van der Waals surface area contributed by atoms with Gasteiger partial charge in [-0.1, -0.05) is 23.5 Å². The molecule has 2 aromatic heterocycles. The molecule has 9 rings (SSSR count). The number of nitrogen functional groups attached to an aromatic ring is 1. The van der Waals surface area contributed by atoms with E-state index in [-0.39, 0.29) is 55.1 Å². The molecule has 8 nitrogen and oxygen atoms in total. The van der Waals surface area contributed by atoms with E-state index in [1.165, 1.54) is 36.6 Å². The first-order valence-corrected chi connectivity index (χ1v) is 16.7. The van der Waals surface area contributed by atoms with Crippen LogP contribution < -0.4 is 20.7 Å². The molecule has 234 valence electrons. The molecular weight excluding hydrogens is 599 g/mol. The number of benzene rings is 2. The van der Waals surface area contributed by atoms with Gasteiger partial charge in [-0.15, -0.1) is 0 Å². The van der Waals surface area contributed by atoms with Gasteiger partial charge in [-0.05, 0) is 75.6 Å². The maximum atomic E-state index is 16.8. The van der Waals surface area contributed by atoms with E-state index in [0.29, 0.717) is 36.8 Å². The molecule has 45 heavy (non-hydrogen) atoms. The SMILES string of the molecule is C=C1CN2CCC[C@@]2(COc2nc(N3C[C@@H]4CC[C@](C5CC5)(C3)N4)c3cc(F)c(-c4ccc(F)c5sc(N)nc45)c(F)c3n2)C1. The van der Waals surface area contributed by atoms with Gasteiger partial charge in [0.1, 0.15) is 29.6 Å². The fraction of sp³-hybridized carbons (Fsp3) is 0.485. The van der Waals surface area contributed by atoms with Crippen molar-refractivity contribution < 1.29 is 17.9 Å². The van der Waals surface area contributed by atoms with Crippen molar-refractivity contribution in [3.8, 4) is 17.1 Å². The first-order chi connectivity index (χ1) is 21.7. The number of ether oxygens (including phenoxy) is 1. The zero-order valence-corrected chi connectivity index (χ0v) is 25.7. The van der Waals surface area contributed by atoms with Crippen molar-refractivity contribution in [2.24, 2.45) is 5.92 Å². The summed E-state index contributed by atoms with van der Waals surface area (Å²) in [6, 6.07) is 4.19. The fourth-order valence-corrected chi connectivity index (χ4v) is 9.48. The summed E-state index contributed by atoms with van der Waals surface area (Å²) in [6.45, 7) is 7.81. The molecule has 4 aromatic rings. The van der Waals surface area contributed by atoms with Gasteiger partial charge in [-0.25, -0.2) is 18.2 Å². The maximum absolute atomic E-state index is 16.8. The molecule has 5 aliphatic rings. The van der Waals surface area contributed by atoms with Crippen molar-refractivity contribution in [3.05, 3.63) is 47.8 Å². The molecule has 5 fully saturated rings. The van der Waals surface area contributed by atoms with Gasteiger partial charge in [0, 0.05) is 42.2 Å². The van der Waals surface area contributed by atoms with Gasteiger partial charge in [0.2, 0.25) is 0 Å². The number of halogens is 3. The summed E-state index contributed by atoms with van der Waals surface area (Å²) in [7, 11) is 0. The van der Waals surface area contributed by atoms with E-state index in [2.05, 4.69) is 31.7 Å². The number of aromatic nitrogens is 3. The molecular formula is C33H34F3N7OS. The summed E-state index contributed by atoms with van der Waals surface area (Å²) in [5, 5.41) is 4.28. The van der Waals surface area contributed by atoms with Crippen molar-refractivity contribution in [1.82, 2.24) is 25.2 Å². The van der Waals surface area contributed by atoms with Crippen LogP contribution in [0.4, 0.5) is 24.1 Å². The van der Waals surface area contributed by atoms with Crippen LogP contribution in [0.15, 0.2) is 30.4 Å². The second-order valence-electron chi connectivity index (χ2n) is 13.8. The van der Waals surface area contributed by atoms with E-state index < -0.39 is 17.5 Å². The molecule has 2 aromatic carbocycles. The second-order valence-corrected chi connectivity index (χ2v) is 14.8. The van der Waals surface area contributed by atoms with E-state index in [1.54, 1.807) is 0 Å². The topological polar surface area (TPSA) is 92.4 Å². The second kappa shape index (κ2) is 9.76. The Morgan fingerprint density at radius 1 is 1.09 bits per heavy atom. The summed E-state index contributed by atoms with van der Waals surface area (Å²) >= 11 is 0.944. The molecule has 12 heteroatoms. The number of thiazole rings is 1. The Balaban J connectivity index is 1.19. The van der Waals surface area contributed by atoms with Gasteiger partial charge in [0.05, 0.1) is 21.3 Å². The van der Waals surface area contributed by atoms with E-state index in [0.717, 1.165) is 56.5 Å². The van der Waals surface area contributed by atoms with Crippen LogP contribution in [0.25, 0.3) is 32.2 Å². The summed E-state index contributed by atoms with van der Waals surface area (Å²) in [4.78, 5) is 18.3. The number of piperazine rings is 1. The third-order valence-electron chi connectivity index (χ3n) is 10.8. The number of hydrogen-bond acceptors (Lipinski definition) is 9. The first-order valence-electron chi connectivity index (χ1n) is 15.8. The Kier molecular flexibility index (Phi) is 6.03. The number of fused-ring (bicyclic) bond motifs is 5. The van der Waals surface area contributed by atoms with Crippen LogP contribution in [-0.2, 0) is 0 Å².